The predicted molar refractivity (Wildman–Crippen MR) is 96.3 cm³/mol. The highest BCUT2D eigenvalue weighted by molar-refractivity contribution is 5.83. The molecule has 6 heteroatoms. The van der Waals surface area contributed by atoms with Crippen molar-refractivity contribution in [2.24, 2.45) is 5.92 Å². The van der Waals surface area contributed by atoms with Crippen molar-refractivity contribution in [1.29, 1.82) is 0 Å². The molecule has 2 aliphatic heterocycles. The van der Waals surface area contributed by atoms with E-state index in [0.717, 1.165) is 25.9 Å². The second kappa shape index (κ2) is 8.21. The molecule has 3 atom stereocenters. The summed E-state index contributed by atoms with van der Waals surface area (Å²) >= 11 is 0. The summed E-state index contributed by atoms with van der Waals surface area (Å²) in [6, 6.07) is -0.426. The standard InChI is InChI=1S/C19H32N2O4/c1-6-7-10-14-15(20-11-8-9-12-20)13-21(16(14)17(22)24-5)18(23)25-19(2,3)4/h6,14-16H,1,7-13H2,2-5H3/t14-,15+,16+/m1/s1. The summed E-state index contributed by atoms with van der Waals surface area (Å²) in [7, 11) is 1.38. The van der Waals surface area contributed by atoms with Gasteiger partial charge in [0.1, 0.15) is 11.6 Å². The number of methoxy groups -OCH3 is 1. The molecule has 0 aromatic carbocycles. The van der Waals surface area contributed by atoms with E-state index >= 15 is 0 Å². The van der Waals surface area contributed by atoms with Gasteiger partial charge in [-0.25, -0.2) is 9.59 Å². The highest BCUT2D eigenvalue weighted by Crippen LogP contribution is 2.35. The minimum atomic E-state index is -0.597. The first-order valence-corrected chi connectivity index (χ1v) is 9.21. The van der Waals surface area contributed by atoms with Crippen molar-refractivity contribution in [3.05, 3.63) is 12.7 Å². The number of allylic oxidation sites excluding steroid dienone is 1. The molecular weight excluding hydrogens is 320 g/mol. The fourth-order valence-corrected chi connectivity index (χ4v) is 3.94. The van der Waals surface area contributed by atoms with E-state index in [2.05, 4.69) is 11.5 Å². The average molecular weight is 352 g/mol. The third-order valence-electron chi connectivity index (χ3n) is 5.00. The Morgan fingerprint density at radius 3 is 2.40 bits per heavy atom. The summed E-state index contributed by atoms with van der Waals surface area (Å²) in [6.07, 6.45) is 5.38. The molecule has 142 valence electrons. The summed E-state index contributed by atoms with van der Waals surface area (Å²) in [6.45, 7) is 11.9. The molecule has 0 spiro atoms. The van der Waals surface area contributed by atoms with Crippen LogP contribution in [-0.4, -0.2) is 66.3 Å². The fraction of sp³-hybridized carbons (Fsp3) is 0.789. The van der Waals surface area contributed by atoms with Crippen LogP contribution in [0.1, 0.15) is 46.5 Å². The second-order valence-electron chi connectivity index (χ2n) is 7.94. The zero-order valence-electron chi connectivity index (χ0n) is 16.0. The van der Waals surface area contributed by atoms with Crippen LogP contribution < -0.4 is 0 Å². The van der Waals surface area contributed by atoms with Crippen LogP contribution in [0.3, 0.4) is 0 Å². The summed E-state index contributed by atoms with van der Waals surface area (Å²) in [4.78, 5) is 29.2. The van der Waals surface area contributed by atoms with E-state index in [1.807, 2.05) is 26.8 Å². The normalized spacial score (nSPS) is 27.4. The zero-order valence-corrected chi connectivity index (χ0v) is 16.0. The first kappa shape index (κ1) is 19.8. The van der Waals surface area contributed by atoms with E-state index in [4.69, 9.17) is 9.47 Å². The lowest BCUT2D eigenvalue weighted by atomic mass is 9.90. The number of rotatable bonds is 5. The van der Waals surface area contributed by atoms with Gasteiger partial charge in [0.05, 0.1) is 7.11 Å². The maximum Gasteiger partial charge on any atom is 0.411 e. The van der Waals surface area contributed by atoms with Gasteiger partial charge in [-0.2, -0.15) is 0 Å². The van der Waals surface area contributed by atoms with Gasteiger partial charge in [-0.3, -0.25) is 9.80 Å². The fourth-order valence-electron chi connectivity index (χ4n) is 3.94. The van der Waals surface area contributed by atoms with Gasteiger partial charge in [0.15, 0.2) is 0 Å². The number of esters is 1. The first-order chi connectivity index (χ1) is 11.8. The molecule has 0 aliphatic carbocycles. The maximum atomic E-state index is 12.7. The van der Waals surface area contributed by atoms with Gasteiger partial charge >= 0.3 is 12.1 Å². The van der Waals surface area contributed by atoms with Crippen LogP contribution >= 0.6 is 0 Å². The molecule has 0 N–H and O–H groups in total. The Morgan fingerprint density at radius 2 is 1.88 bits per heavy atom. The molecule has 2 saturated heterocycles. The number of nitrogens with zero attached hydrogens (tertiary/aromatic N) is 2. The Morgan fingerprint density at radius 1 is 1.24 bits per heavy atom. The number of carbonyl (C=O) groups excluding carboxylic acids is 2. The van der Waals surface area contributed by atoms with Crippen molar-refractivity contribution in [2.75, 3.05) is 26.7 Å². The van der Waals surface area contributed by atoms with Crippen molar-refractivity contribution < 1.29 is 19.1 Å². The van der Waals surface area contributed by atoms with Crippen LogP contribution in [0, 0.1) is 5.92 Å². The Kier molecular flexibility index (Phi) is 6.49. The number of likely N-dealkylation sites (tertiary alicyclic amines) is 2. The van der Waals surface area contributed by atoms with E-state index in [1.165, 1.54) is 20.0 Å². The van der Waals surface area contributed by atoms with Crippen LogP contribution in [0.4, 0.5) is 4.79 Å². The third-order valence-corrected chi connectivity index (χ3v) is 5.00. The Hall–Kier alpha value is -1.56. The number of hydrogen-bond donors (Lipinski definition) is 0. The monoisotopic (exact) mass is 352 g/mol. The summed E-state index contributed by atoms with van der Waals surface area (Å²) in [5.41, 5.74) is -0.597. The molecule has 2 rings (SSSR count). The van der Waals surface area contributed by atoms with Gasteiger partial charge in [-0.15, -0.1) is 6.58 Å². The van der Waals surface area contributed by atoms with Crippen molar-refractivity contribution in [1.82, 2.24) is 9.80 Å². The third kappa shape index (κ3) is 4.75. The van der Waals surface area contributed by atoms with Gasteiger partial charge < -0.3 is 9.47 Å². The molecule has 6 nitrogen and oxygen atoms in total. The molecule has 0 aromatic heterocycles. The van der Waals surface area contributed by atoms with Crippen LogP contribution in [0.2, 0.25) is 0 Å². The van der Waals surface area contributed by atoms with Crippen molar-refractivity contribution >= 4 is 12.1 Å². The second-order valence-corrected chi connectivity index (χ2v) is 7.94. The largest absolute Gasteiger partial charge is 0.467 e. The van der Waals surface area contributed by atoms with Gasteiger partial charge in [-0.05, 0) is 59.5 Å². The highest BCUT2D eigenvalue weighted by atomic mass is 16.6. The van der Waals surface area contributed by atoms with E-state index in [-0.39, 0.29) is 17.9 Å². The minimum Gasteiger partial charge on any atom is -0.467 e. The van der Waals surface area contributed by atoms with Gasteiger partial charge in [0.25, 0.3) is 0 Å². The van der Waals surface area contributed by atoms with Crippen LogP contribution in [0.25, 0.3) is 0 Å². The van der Waals surface area contributed by atoms with Gasteiger partial charge in [0.2, 0.25) is 0 Å². The SMILES string of the molecule is C=CCC[C@H]1[C@@H](C(=O)OC)N(C(=O)OC(C)(C)C)C[C@@H]1N1CCCC1. The molecule has 0 bridgehead atoms. The lowest BCUT2D eigenvalue weighted by molar-refractivity contribution is -0.147. The molecule has 0 aromatic rings. The van der Waals surface area contributed by atoms with E-state index in [0.29, 0.717) is 6.54 Å². The maximum absolute atomic E-state index is 12.7. The number of carbonyl (C=O) groups is 2. The number of amides is 1. The molecule has 2 fully saturated rings. The van der Waals surface area contributed by atoms with E-state index in [9.17, 15) is 9.59 Å². The first-order valence-electron chi connectivity index (χ1n) is 9.21. The molecule has 0 unspecified atom stereocenters. The Balaban J connectivity index is 2.27. The summed E-state index contributed by atoms with van der Waals surface area (Å²) in [5, 5.41) is 0. The Bertz CT molecular complexity index is 494. The molecule has 2 aliphatic rings. The van der Waals surface area contributed by atoms with Crippen molar-refractivity contribution in [3.63, 3.8) is 0 Å². The Labute approximate surface area is 151 Å². The molecule has 0 saturated carbocycles. The molecule has 25 heavy (non-hydrogen) atoms. The number of hydrogen-bond acceptors (Lipinski definition) is 5. The summed E-state index contributed by atoms with van der Waals surface area (Å²) in [5.74, 6) is -0.322. The minimum absolute atomic E-state index is 0.0380. The predicted octanol–water partition coefficient (Wildman–Crippen LogP) is 2.83. The lowest BCUT2D eigenvalue weighted by Gasteiger charge is -2.29. The zero-order chi connectivity index (χ0) is 18.6. The van der Waals surface area contributed by atoms with Crippen LogP contribution in [-0.2, 0) is 14.3 Å². The smallest absolute Gasteiger partial charge is 0.411 e. The number of ether oxygens (including phenoxy) is 2. The molecule has 2 heterocycles. The van der Waals surface area contributed by atoms with Crippen LogP contribution in [0.15, 0.2) is 12.7 Å². The van der Waals surface area contributed by atoms with Gasteiger partial charge in [0, 0.05) is 18.5 Å². The average Bonchev–Trinajstić information content (AvgIpc) is 3.17. The van der Waals surface area contributed by atoms with Crippen molar-refractivity contribution in [3.8, 4) is 0 Å². The topological polar surface area (TPSA) is 59.1 Å². The molecule has 0 radical (unpaired) electrons. The molecular formula is C19H32N2O4. The van der Waals surface area contributed by atoms with Crippen LogP contribution in [0.5, 0.6) is 0 Å². The lowest BCUT2D eigenvalue weighted by Crippen LogP contribution is -2.46. The van der Waals surface area contributed by atoms with E-state index in [1.54, 1.807) is 4.90 Å². The van der Waals surface area contributed by atoms with Gasteiger partial charge in [-0.1, -0.05) is 6.08 Å². The quantitative estimate of drug-likeness (QED) is 0.562. The van der Waals surface area contributed by atoms with Crippen molar-refractivity contribution in [2.45, 2.75) is 64.1 Å². The highest BCUT2D eigenvalue weighted by Gasteiger charge is 2.51. The van der Waals surface area contributed by atoms with E-state index < -0.39 is 17.7 Å². The summed E-state index contributed by atoms with van der Waals surface area (Å²) < 4.78 is 10.6. The molecule has 1 amide bonds.